The average Bonchev–Trinajstić information content (AvgIpc) is 3.26. The summed E-state index contributed by atoms with van der Waals surface area (Å²) in [5.74, 6) is -1.98. The molecule has 3 aromatic rings. The van der Waals surface area contributed by atoms with Crippen LogP contribution in [0.3, 0.4) is 0 Å². The average molecular weight is 444 g/mol. The zero-order valence-corrected chi connectivity index (χ0v) is 17.1. The van der Waals surface area contributed by atoms with Crippen molar-refractivity contribution in [2.45, 2.75) is 6.61 Å². The van der Waals surface area contributed by atoms with Crippen LogP contribution < -0.4 is 15.4 Å². The zero-order valence-electron chi connectivity index (χ0n) is 16.3. The number of nitrogens with zero attached hydrogens (tertiary/aromatic N) is 2. The number of esters is 1. The van der Waals surface area contributed by atoms with Crippen molar-refractivity contribution in [2.24, 2.45) is 0 Å². The summed E-state index contributed by atoms with van der Waals surface area (Å²) in [6, 6.07) is 12.2. The molecule has 2 N–H and O–H groups in total. The van der Waals surface area contributed by atoms with Gasteiger partial charge in [-0.05, 0) is 36.4 Å². The smallest absolute Gasteiger partial charge is 0.325 e. The topological polar surface area (TPSA) is 120 Å². The molecular formula is C20H17FN4O5S. The van der Waals surface area contributed by atoms with E-state index in [2.05, 4.69) is 20.8 Å². The minimum atomic E-state index is -0.746. The third-order valence-corrected chi connectivity index (χ3v) is 4.77. The first-order valence-electron chi connectivity index (χ1n) is 8.92. The molecule has 0 bridgehead atoms. The van der Waals surface area contributed by atoms with Crippen LogP contribution in [0.4, 0.5) is 10.1 Å². The van der Waals surface area contributed by atoms with Crippen molar-refractivity contribution in [1.29, 1.82) is 0 Å². The van der Waals surface area contributed by atoms with Gasteiger partial charge in [-0.1, -0.05) is 23.5 Å². The van der Waals surface area contributed by atoms with Gasteiger partial charge in [0.1, 0.15) is 24.7 Å². The first-order valence-corrected chi connectivity index (χ1v) is 9.74. The van der Waals surface area contributed by atoms with Crippen molar-refractivity contribution in [1.82, 2.24) is 15.5 Å². The van der Waals surface area contributed by atoms with Crippen molar-refractivity contribution in [3.05, 3.63) is 69.9 Å². The molecule has 31 heavy (non-hydrogen) atoms. The molecule has 1 heterocycles. The quantitative estimate of drug-likeness (QED) is 0.512. The molecule has 0 aliphatic rings. The lowest BCUT2D eigenvalue weighted by Gasteiger charge is -2.06. The molecule has 2 amide bonds. The van der Waals surface area contributed by atoms with E-state index in [0.717, 1.165) is 17.4 Å². The van der Waals surface area contributed by atoms with E-state index in [1.54, 1.807) is 31.4 Å². The molecule has 0 spiro atoms. The maximum Gasteiger partial charge on any atom is 0.325 e. The van der Waals surface area contributed by atoms with Crippen molar-refractivity contribution in [2.75, 3.05) is 19.0 Å². The summed E-state index contributed by atoms with van der Waals surface area (Å²) >= 11 is 0.960. The van der Waals surface area contributed by atoms with E-state index < -0.39 is 30.1 Å². The zero-order chi connectivity index (χ0) is 22.2. The molecule has 0 saturated carbocycles. The molecule has 11 heteroatoms. The maximum absolute atomic E-state index is 13.5. The number of anilines is 1. The van der Waals surface area contributed by atoms with Crippen LogP contribution in [-0.2, 0) is 16.1 Å². The fraction of sp³-hybridized carbons (Fsp3) is 0.150. The van der Waals surface area contributed by atoms with Gasteiger partial charge in [0.15, 0.2) is 5.01 Å². The van der Waals surface area contributed by atoms with E-state index in [1.165, 1.54) is 18.2 Å². The van der Waals surface area contributed by atoms with Gasteiger partial charge in [-0.2, -0.15) is 0 Å². The second-order valence-corrected chi connectivity index (χ2v) is 7.07. The summed E-state index contributed by atoms with van der Waals surface area (Å²) in [5.41, 5.74) is 0.381. The Balaban J connectivity index is 1.45. The Kier molecular flexibility index (Phi) is 7.22. The van der Waals surface area contributed by atoms with E-state index in [9.17, 15) is 18.8 Å². The van der Waals surface area contributed by atoms with Gasteiger partial charge in [0, 0.05) is 5.69 Å². The van der Waals surface area contributed by atoms with Gasteiger partial charge in [-0.15, -0.1) is 10.2 Å². The summed E-state index contributed by atoms with van der Waals surface area (Å²) in [4.78, 5) is 35.9. The maximum atomic E-state index is 13.5. The van der Waals surface area contributed by atoms with E-state index in [4.69, 9.17) is 9.47 Å². The van der Waals surface area contributed by atoms with E-state index in [1.807, 2.05) is 0 Å². The predicted octanol–water partition coefficient (Wildman–Crippen LogP) is 2.41. The van der Waals surface area contributed by atoms with Gasteiger partial charge < -0.3 is 20.1 Å². The number of aromatic nitrogens is 2. The van der Waals surface area contributed by atoms with E-state index in [0.29, 0.717) is 16.4 Å². The summed E-state index contributed by atoms with van der Waals surface area (Å²) in [6.07, 6.45) is 0. The lowest BCUT2D eigenvalue weighted by Crippen LogP contribution is -2.31. The summed E-state index contributed by atoms with van der Waals surface area (Å²) < 4.78 is 23.6. The highest BCUT2D eigenvalue weighted by atomic mass is 32.1. The Bertz CT molecular complexity index is 1090. The summed E-state index contributed by atoms with van der Waals surface area (Å²) in [7, 11) is 1.54. The highest BCUT2D eigenvalue weighted by molar-refractivity contribution is 7.13. The molecule has 0 unspecified atom stereocenters. The number of hydrogen-bond acceptors (Lipinski definition) is 8. The fourth-order valence-corrected chi connectivity index (χ4v) is 3.00. The Morgan fingerprint density at radius 3 is 2.48 bits per heavy atom. The Hall–Kier alpha value is -3.86. The molecule has 0 aliphatic carbocycles. The largest absolute Gasteiger partial charge is 0.497 e. The number of rotatable bonds is 8. The van der Waals surface area contributed by atoms with Crippen LogP contribution in [-0.4, -0.2) is 41.6 Å². The number of ether oxygens (including phenoxy) is 2. The SMILES string of the molecule is COc1ccc(NC(=O)c2nnc(COC(=O)CNC(=O)c3ccccc3F)s2)cc1. The lowest BCUT2D eigenvalue weighted by molar-refractivity contribution is -0.143. The molecule has 0 aliphatic heterocycles. The number of halogens is 1. The van der Waals surface area contributed by atoms with Crippen LogP contribution in [0.15, 0.2) is 48.5 Å². The molecule has 0 radical (unpaired) electrons. The van der Waals surface area contributed by atoms with Gasteiger partial charge in [0.25, 0.3) is 11.8 Å². The first kappa shape index (κ1) is 21.8. The van der Waals surface area contributed by atoms with Gasteiger partial charge in [0.2, 0.25) is 5.01 Å². The van der Waals surface area contributed by atoms with Gasteiger partial charge in [-0.3, -0.25) is 14.4 Å². The molecular weight excluding hydrogens is 427 g/mol. The van der Waals surface area contributed by atoms with Crippen LogP contribution in [0, 0.1) is 5.82 Å². The highest BCUT2D eigenvalue weighted by Crippen LogP contribution is 2.17. The van der Waals surface area contributed by atoms with Gasteiger partial charge >= 0.3 is 5.97 Å². The van der Waals surface area contributed by atoms with E-state index in [-0.39, 0.29) is 17.2 Å². The molecule has 160 valence electrons. The van der Waals surface area contributed by atoms with Crippen LogP contribution in [0.5, 0.6) is 5.75 Å². The number of carbonyl (C=O) groups excluding carboxylic acids is 3. The molecule has 2 aromatic carbocycles. The Labute approximate surface area is 180 Å². The standard InChI is InChI=1S/C20H17FN4O5S/c1-29-13-8-6-12(7-9-13)23-19(28)20-25-24-16(31-20)11-30-17(26)10-22-18(27)14-4-2-3-5-15(14)21/h2-9H,10-11H2,1H3,(H,22,27)(H,23,28). The number of amides is 2. The lowest BCUT2D eigenvalue weighted by atomic mass is 10.2. The van der Waals surface area contributed by atoms with Crippen LogP contribution >= 0.6 is 11.3 Å². The summed E-state index contributed by atoms with van der Waals surface area (Å²) in [6.45, 7) is -0.668. The van der Waals surface area contributed by atoms with Gasteiger partial charge in [-0.25, -0.2) is 4.39 Å². The number of carbonyl (C=O) groups is 3. The molecule has 1 aromatic heterocycles. The number of hydrogen-bond donors (Lipinski definition) is 2. The molecule has 0 fully saturated rings. The van der Waals surface area contributed by atoms with Crippen LogP contribution in [0.2, 0.25) is 0 Å². The van der Waals surface area contributed by atoms with Crippen LogP contribution in [0.1, 0.15) is 25.2 Å². The van der Waals surface area contributed by atoms with Crippen LogP contribution in [0.25, 0.3) is 0 Å². The number of methoxy groups -OCH3 is 1. The minimum absolute atomic E-state index is 0.0923. The second-order valence-electron chi connectivity index (χ2n) is 6.01. The minimum Gasteiger partial charge on any atom is -0.497 e. The monoisotopic (exact) mass is 444 g/mol. The first-order chi connectivity index (χ1) is 15.0. The molecule has 0 atom stereocenters. The van der Waals surface area contributed by atoms with Crippen molar-refractivity contribution in [3.63, 3.8) is 0 Å². The molecule has 3 rings (SSSR count). The third kappa shape index (κ3) is 6.06. The Morgan fingerprint density at radius 1 is 1.03 bits per heavy atom. The molecule has 0 saturated heterocycles. The van der Waals surface area contributed by atoms with Crippen molar-refractivity contribution in [3.8, 4) is 5.75 Å². The van der Waals surface area contributed by atoms with Gasteiger partial charge in [0.05, 0.1) is 12.7 Å². The normalized spacial score (nSPS) is 10.3. The molecule has 9 nitrogen and oxygen atoms in total. The Morgan fingerprint density at radius 2 is 1.77 bits per heavy atom. The summed E-state index contributed by atoms with van der Waals surface area (Å²) in [5, 5.41) is 12.9. The number of nitrogens with one attached hydrogen (secondary N) is 2. The van der Waals surface area contributed by atoms with Crippen molar-refractivity contribution < 1.29 is 28.2 Å². The second kappa shape index (κ2) is 10.3. The fourth-order valence-electron chi connectivity index (χ4n) is 2.35. The van der Waals surface area contributed by atoms with E-state index >= 15 is 0 Å². The van der Waals surface area contributed by atoms with Crippen molar-refractivity contribution >= 4 is 34.8 Å². The highest BCUT2D eigenvalue weighted by Gasteiger charge is 2.16. The number of benzene rings is 2. The predicted molar refractivity (Wildman–Crippen MR) is 109 cm³/mol. The third-order valence-electron chi connectivity index (χ3n) is 3.88.